The van der Waals surface area contributed by atoms with E-state index < -0.39 is 0 Å². The van der Waals surface area contributed by atoms with Gasteiger partial charge in [0.1, 0.15) is 0 Å². The lowest BCUT2D eigenvalue weighted by Gasteiger charge is -2.19. The first kappa shape index (κ1) is 13.2. The Labute approximate surface area is 112 Å². The Bertz CT molecular complexity index is 384. The van der Waals surface area contributed by atoms with Gasteiger partial charge in [-0.15, -0.1) is 11.8 Å². The van der Waals surface area contributed by atoms with Crippen molar-refractivity contribution >= 4 is 23.4 Å². The number of aliphatic hydroxyl groups excluding tert-OH is 1. The van der Waals surface area contributed by atoms with Crippen LogP contribution in [0.4, 0.5) is 0 Å². The third kappa shape index (κ3) is 3.38. The average Bonchev–Trinajstić information content (AvgIpc) is 2.30. The maximum atomic E-state index is 8.95. The number of hydrogen-bond donors (Lipinski definition) is 2. The van der Waals surface area contributed by atoms with E-state index in [-0.39, 0.29) is 6.61 Å². The predicted molar refractivity (Wildman–Crippen MR) is 74.2 cm³/mol. The van der Waals surface area contributed by atoms with E-state index in [0.717, 1.165) is 37.4 Å². The van der Waals surface area contributed by atoms with Gasteiger partial charge in [-0.3, -0.25) is 0 Å². The Balaban J connectivity index is 2.30. The van der Waals surface area contributed by atoms with Gasteiger partial charge in [-0.25, -0.2) is 0 Å². The van der Waals surface area contributed by atoms with Crippen LogP contribution in [0.15, 0.2) is 17.0 Å². The second kappa shape index (κ2) is 6.64. The molecule has 0 radical (unpaired) electrons. The predicted octanol–water partition coefficient (Wildman–Crippen LogP) is 2.50. The molecule has 2 rings (SSSR count). The molecule has 2 nitrogen and oxygen atoms in total. The fourth-order valence-corrected chi connectivity index (χ4v) is 3.44. The first-order valence-corrected chi connectivity index (χ1v) is 7.44. The molecule has 1 aliphatic heterocycles. The summed E-state index contributed by atoms with van der Waals surface area (Å²) < 4.78 is 0. The Morgan fingerprint density at radius 3 is 3.00 bits per heavy atom. The van der Waals surface area contributed by atoms with Crippen molar-refractivity contribution in [3.05, 3.63) is 28.3 Å². The smallest absolute Gasteiger partial charge is 0.0544 e. The summed E-state index contributed by atoms with van der Waals surface area (Å²) in [5, 5.41) is 13.2. The van der Waals surface area contributed by atoms with Crippen LogP contribution in [0.1, 0.15) is 17.5 Å². The van der Waals surface area contributed by atoms with E-state index in [1.165, 1.54) is 16.0 Å². The highest BCUT2D eigenvalue weighted by Crippen LogP contribution is 2.34. The number of halogens is 1. The van der Waals surface area contributed by atoms with Crippen molar-refractivity contribution < 1.29 is 5.11 Å². The van der Waals surface area contributed by atoms with Crippen LogP contribution < -0.4 is 5.32 Å². The molecule has 2 N–H and O–H groups in total. The minimum Gasteiger partial charge on any atom is -0.396 e. The van der Waals surface area contributed by atoms with E-state index in [2.05, 4.69) is 11.4 Å². The summed E-state index contributed by atoms with van der Waals surface area (Å²) in [5.41, 5.74) is 2.81. The Kier molecular flexibility index (Phi) is 5.16. The van der Waals surface area contributed by atoms with Gasteiger partial charge in [0.15, 0.2) is 0 Å². The minimum atomic E-state index is 0.201. The molecule has 1 aliphatic rings. The molecule has 0 spiro atoms. The van der Waals surface area contributed by atoms with Crippen LogP contribution in [0.2, 0.25) is 5.02 Å². The molecule has 0 atom stereocenters. The summed E-state index contributed by atoms with van der Waals surface area (Å²) >= 11 is 7.95. The molecule has 0 bridgehead atoms. The first-order chi connectivity index (χ1) is 8.33. The van der Waals surface area contributed by atoms with Gasteiger partial charge in [0, 0.05) is 10.6 Å². The van der Waals surface area contributed by atoms with Crippen molar-refractivity contribution in [2.75, 3.05) is 25.4 Å². The van der Waals surface area contributed by atoms with Gasteiger partial charge in [0.05, 0.1) is 11.6 Å². The number of thioether (sulfide) groups is 1. The molecular weight excluding hydrogens is 254 g/mol. The lowest BCUT2D eigenvalue weighted by atomic mass is 9.99. The maximum absolute atomic E-state index is 8.95. The SMILES string of the molecule is OCCSc1c(Cl)ccc2c1CCCNCC2. The molecule has 0 amide bonds. The Morgan fingerprint density at radius 1 is 1.29 bits per heavy atom. The summed E-state index contributed by atoms with van der Waals surface area (Å²) in [5.74, 6) is 0.717. The summed E-state index contributed by atoms with van der Waals surface area (Å²) in [6.45, 7) is 2.32. The van der Waals surface area contributed by atoms with Crippen LogP contribution in [0.5, 0.6) is 0 Å². The molecule has 0 unspecified atom stereocenters. The number of benzene rings is 1. The van der Waals surface area contributed by atoms with Crippen molar-refractivity contribution in [1.29, 1.82) is 0 Å². The van der Waals surface area contributed by atoms with Crippen molar-refractivity contribution in [3.8, 4) is 0 Å². The van der Waals surface area contributed by atoms with Crippen molar-refractivity contribution in [2.24, 2.45) is 0 Å². The van der Waals surface area contributed by atoms with Crippen LogP contribution in [-0.2, 0) is 12.8 Å². The molecule has 0 aromatic heterocycles. The quantitative estimate of drug-likeness (QED) is 0.829. The molecule has 4 heteroatoms. The number of aliphatic hydroxyl groups is 1. The van der Waals surface area contributed by atoms with Crippen molar-refractivity contribution in [1.82, 2.24) is 5.32 Å². The summed E-state index contributed by atoms with van der Waals surface area (Å²) in [6.07, 6.45) is 3.30. The normalized spacial score (nSPS) is 16.1. The third-order valence-corrected chi connectivity index (χ3v) is 4.57. The molecule has 0 saturated heterocycles. The molecule has 0 aliphatic carbocycles. The zero-order valence-corrected chi connectivity index (χ0v) is 11.4. The van der Waals surface area contributed by atoms with E-state index >= 15 is 0 Å². The van der Waals surface area contributed by atoms with Crippen LogP contribution in [0.25, 0.3) is 0 Å². The maximum Gasteiger partial charge on any atom is 0.0544 e. The van der Waals surface area contributed by atoms with Gasteiger partial charge >= 0.3 is 0 Å². The zero-order chi connectivity index (χ0) is 12.1. The number of fused-ring (bicyclic) bond motifs is 1. The van der Waals surface area contributed by atoms with E-state index in [4.69, 9.17) is 16.7 Å². The lowest BCUT2D eigenvalue weighted by molar-refractivity contribution is 0.322. The highest BCUT2D eigenvalue weighted by atomic mass is 35.5. The molecule has 1 heterocycles. The monoisotopic (exact) mass is 271 g/mol. The molecular formula is C13H18ClNOS. The van der Waals surface area contributed by atoms with Gasteiger partial charge in [-0.05, 0) is 49.5 Å². The molecule has 17 heavy (non-hydrogen) atoms. The summed E-state index contributed by atoms with van der Waals surface area (Å²) in [7, 11) is 0. The third-order valence-electron chi connectivity index (χ3n) is 3.00. The first-order valence-electron chi connectivity index (χ1n) is 6.07. The van der Waals surface area contributed by atoms with Gasteiger partial charge < -0.3 is 10.4 Å². The van der Waals surface area contributed by atoms with Crippen LogP contribution >= 0.6 is 23.4 Å². The summed E-state index contributed by atoms with van der Waals surface area (Å²) in [4.78, 5) is 1.18. The van der Waals surface area contributed by atoms with E-state index in [0.29, 0.717) is 5.75 Å². The fourth-order valence-electron chi connectivity index (χ4n) is 2.19. The van der Waals surface area contributed by atoms with Gasteiger partial charge in [-0.1, -0.05) is 17.7 Å². The number of rotatable bonds is 3. The van der Waals surface area contributed by atoms with Crippen molar-refractivity contribution in [3.63, 3.8) is 0 Å². The van der Waals surface area contributed by atoms with Crippen LogP contribution in [0.3, 0.4) is 0 Å². The second-order valence-electron chi connectivity index (χ2n) is 4.19. The minimum absolute atomic E-state index is 0.201. The van der Waals surface area contributed by atoms with Crippen LogP contribution in [0, 0.1) is 0 Å². The molecule has 1 aromatic rings. The lowest BCUT2D eigenvalue weighted by Crippen LogP contribution is -2.22. The second-order valence-corrected chi connectivity index (χ2v) is 5.70. The van der Waals surface area contributed by atoms with E-state index in [1.807, 2.05) is 6.07 Å². The molecule has 94 valence electrons. The number of nitrogens with one attached hydrogen (secondary N) is 1. The highest BCUT2D eigenvalue weighted by molar-refractivity contribution is 7.99. The Morgan fingerprint density at radius 2 is 2.18 bits per heavy atom. The molecule has 0 saturated carbocycles. The largest absolute Gasteiger partial charge is 0.396 e. The highest BCUT2D eigenvalue weighted by Gasteiger charge is 2.14. The molecule has 0 fully saturated rings. The standard InChI is InChI=1S/C13H18ClNOS/c14-12-4-3-10-5-7-15-6-1-2-11(10)13(12)17-9-8-16/h3-4,15-16H,1-2,5-9H2. The average molecular weight is 272 g/mol. The van der Waals surface area contributed by atoms with Gasteiger partial charge in [-0.2, -0.15) is 0 Å². The number of hydrogen-bond acceptors (Lipinski definition) is 3. The van der Waals surface area contributed by atoms with Gasteiger partial charge in [0.25, 0.3) is 0 Å². The Hall–Kier alpha value is -0.220. The zero-order valence-electron chi connectivity index (χ0n) is 9.84. The fraction of sp³-hybridized carbons (Fsp3) is 0.538. The van der Waals surface area contributed by atoms with Gasteiger partial charge in [0.2, 0.25) is 0 Å². The van der Waals surface area contributed by atoms with Crippen molar-refractivity contribution in [2.45, 2.75) is 24.2 Å². The molecule has 1 aromatic carbocycles. The van der Waals surface area contributed by atoms with Crippen LogP contribution in [-0.4, -0.2) is 30.6 Å². The van der Waals surface area contributed by atoms with E-state index in [1.54, 1.807) is 11.8 Å². The topological polar surface area (TPSA) is 32.3 Å². The summed E-state index contributed by atoms with van der Waals surface area (Å²) in [6, 6.07) is 4.13. The van der Waals surface area contributed by atoms with E-state index in [9.17, 15) is 0 Å².